The molecule has 3 aromatic carbocycles. The average molecular weight is 361 g/mol. The monoisotopic (exact) mass is 361 g/mol. The molecule has 0 spiro atoms. The zero-order valence-electron chi connectivity index (χ0n) is 16.0. The fourth-order valence-electron chi connectivity index (χ4n) is 3.62. The number of hydrogen-bond donors (Lipinski definition) is 0. The quantitative estimate of drug-likeness (QED) is 0.379. The van der Waals surface area contributed by atoms with Gasteiger partial charge in [-0.15, -0.1) is 0 Å². The Kier molecular flexibility index (Phi) is 5.39. The summed E-state index contributed by atoms with van der Waals surface area (Å²) in [6.45, 7) is 8.14. The number of hydrogen-bond acceptors (Lipinski definition) is 1. The van der Waals surface area contributed by atoms with Crippen molar-refractivity contribution in [1.82, 2.24) is 0 Å². The van der Waals surface area contributed by atoms with Gasteiger partial charge in [0.15, 0.2) is 6.16 Å². The van der Waals surface area contributed by atoms with Crippen molar-refractivity contribution in [3.63, 3.8) is 0 Å². The molecule has 3 rings (SSSR count). The van der Waals surface area contributed by atoms with Gasteiger partial charge in [0.05, 0.1) is 5.41 Å². The first kappa shape index (κ1) is 18.5. The van der Waals surface area contributed by atoms with Crippen molar-refractivity contribution in [2.24, 2.45) is 0 Å². The van der Waals surface area contributed by atoms with Crippen LogP contribution >= 0.6 is 7.80 Å². The van der Waals surface area contributed by atoms with E-state index in [0.717, 1.165) is 0 Å². The van der Waals surface area contributed by atoms with Gasteiger partial charge in [0.25, 0.3) is 0 Å². The van der Waals surface area contributed by atoms with Gasteiger partial charge in [-0.3, -0.25) is 0 Å². The van der Waals surface area contributed by atoms with Crippen LogP contribution in [0.2, 0.25) is 0 Å². The molecular weight excluding hydrogens is 335 g/mol. The lowest BCUT2D eigenvalue weighted by Gasteiger charge is -2.32. The van der Waals surface area contributed by atoms with Crippen LogP contribution in [0.15, 0.2) is 72.8 Å². The molecule has 2 heteroatoms. The van der Waals surface area contributed by atoms with E-state index in [1.54, 1.807) is 0 Å². The van der Waals surface area contributed by atoms with Crippen molar-refractivity contribution in [2.75, 3.05) is 12.8 Å². The minimum atomic E-state index is -1.33. The van der Waals surface area contributed by atoms with Gasteiger partial charge in [0.1, 0.15) is 6.66 Å². The fourth-order valence-corrected chi connectivity index (χ4v) is 4.84. The van der Waals surface area contributed by atoms with E-state index in [9.17, 15) is 4.57 Å². The molecular formula is C24H26OP+. The second-order valence-corrected chi connectivity index (χ2v) is 8.86. The molecule has 0 saturated carbocycles. The molecule has 0 saturated heterocycles. The first-order valence-corrected chi connectivity index (χ1v) is 10.9. The Morgan fingerprint density at radius 3 is 1.12 bits per heavy atom. The second-order valence-electron chi connectivity index (χ2n) is 7.29. The number of benzene rings is 3. The summed E-state index contributed by atoms with van der Waals surface area (Å²) in [5, 5.41) is 0. The van der Waals surface area contributed by atoms with Crippen LogP contribution in [0.1, 0.15) is 33.4 Å². The minimum Gasteiger partial charge on any atom is -0.0751 e. The molecule has 132 valence electrons. The summed E-state index contributed by atoms with van der Waals surface area (Å²) >= 11 is 0. The van der Waals surface area contributed by atoms with Crippen LogP contribution in [0.3, 0.4) is 0 Å². The molecule has 0 N–H and O–H groups in total. The van der Waals surface area contributed by atoms with Gasteiger partial charge in [-0.25, -0.2) is 0 Å². The van der Waals surface area contributed by atoms with Gasteiger partial charge in [0.2, 0.25) is 0 Å². The molecule has 0 aliphatic carbocycles. The van der Waals surface area contributed by atoms with E-state index in [2.05, 4.69) is 93.6 Å². The molecule has 0 radical (unpaired) electrons. The van der Waals surface area contributed by atoms with Crippen LogP contribution in [0, 0.1) is 20.8 Å². The Hall–Kier alpha value is -2.24. The summed E-state index contributed by atoms with van der Waals surface area (Å²) in [5.41, 5.74) is 6.88. The Morgan fingerprint density at radius 2 is 0.885 bits per heavy atom. The summed E-state index contributed by atoms with van der Waals surface area (Å²) in [5.74, 6) is 0. The third-order valence-corrected chi connectivity index (χ3v) is 6.01. The predicted molar refractivity (Wildman–Crippen MR) is 112 cm³/mol. The predicted octanol–water partition coefficient (Wildman–Crippen LogP) is 6.40. The molecule has 0 bridgehead atoms. The number of rotatable bonds is 5. The number of aryl methyl sites for hydroxylation is 3. The molecule has 0 aliphatic heterocycles. The Bertz CT molecular complexity index is 780. The van der Waals surface area contributed by atoms with Crippen LogP contribution in [-0.4, -0.2) is 12.8 Å². The van der Waals surface area contributed by atoms with E-state index in [-0.39, 0.29) is 0 Å². The Labute approximate surface area is 157 Å². The SMILES string of the molecule is Cc1ccc(C(C[P+](C)=O)(c2ccc(C)cc2)c2ccc(C)cc2)cc1. The standard InChI is InChI=1S/C24H26OP/c1-18-5-11-21(12-6-18)24(17-26(4)25,22-13-7-19(2)8-14-22)23-15-9-20(3)10-16-23/h5-16H,17H2,1-4H3/q+1. The largest absolute Gasteiger partial charge is 0.337 e. The van der Waals surface area contributed by atoms with Crippen LogP contribution < -0.4 is 0 Å². The van der Waals surface area contributed by atoms with Gasteiger partial charge in [0, 0.05) is 0 Å². The summed E-state index contributed by atoms with van der Waals surface area (Å²) < 4.78 is 12.5. The van der Waals surface area contributed by atoms with E-state index in [1.807, 2.05) is 6.66 Å². The summed E-state index contributed by atoms with van der Waals surface area (Å²) in [6, 6.07) is 26.0. The van der Waals surface area contributed by atoms with Gasteiger partial charge in [-0.05, 0) is 37.5 Å². The molecule has 26 heavy (non-hydrogen) atoms. The van der Waals surface area contributed by atoms with Gasteiger partial charge in [-0.2, -0.15) is 0 Å². The van der Waals surface area contributed by atoms with Gasteiger partial charge >= 0.3 is 7.80 Å². The molecule has 0 amide bonds. The molecule has 1 unspecified atom stereocenters. The highest BCUT2D eigenvalue weighted by Crippen LogP contribution is 2.44. The highest BCUT2D eigenvalue weighted by atomic mass is 31.1. The second kappa shape index (κ2) is 7.56. The van der Waals surface area contributed by atoms with Crippen molar-refractivity contribution in [3.8, 4) is 0 Å². The maximum atomic E-state index is 12.5. The van der Waals surface area contributed by atoms with Crippen molar-refractivity contribution < 1.29 is 4.57 Å². The van der Waals surface area contributed by atoms with Crippen LogP contribution in [0.5, 0.6) is 0 Å². The van der Waals surface area contributed by atoms with Gasteiger partial charge < -0.3 is 0 Å². The molecule has 0 heterocycles. The zero-order chi connectivity index (χ0) is 18.7. The molecule has 0 fully saturated rings. The molecule has 3 aromatic rings. The normalized spacial score (nSPS) is 12.1. The lowest BCUT2D eigenvalue weighted by molar-refractivity contribution is 0.580. The van der Waals surface area contributed by atoms with E-state index in [1.165, 1.54) is 33.4 Å². The van der Waals surface area contributed by atoms with E-state index in [4.69, 9.17) is 0 Å². The summed E-state index contributed by atoms with van der Waals surface area (Å²) in [6.07, 6.45) is 0.595. The lowest BCUT2D eigenvalue weighted by Crippen LogP contribution is -2.32. The summed E-state index contributed by atoms with van der Waals surface area (Å²) in [4.78, 5) is 0. The van der Waals surface area contributed by atoms with E-state index >= 15 is 0 Å². The summed E-state index contributed by atoms with van der Waals surface area (Å²) in [7, 11) is -1.33. The first-order valence-electron chi connectivity index (χ1n) is 9.01. The van der Waals surface area contributed by atoms with E-state index in [0.29, 0.717) is 6.16 Å². The molecule has 1 nitrogen and oxygen atoms in total. The molecule has 1 atom stereocenters. The highest BCUT2D eigenvalue weighted by Gasteiger charge is 2.42. The van der Waals surface area contributed by atoms with Gasteiger partial charge in [-0.1, -0.05) is 94.1 Å². The maximum absolute atomic E-state index is 12.5. The van der Waals surface area contributed by atoms with Crippen molar-refractivity contribution in [2.45, 2.75) is 26.2 Å². The van der Waals surface area contributed by atoms with Crippen LogP contribution in [0.25, 0.3) is 0 Å². The Morgan fingerprint density at radius 1 is 0.615 bits per heavy atom. The fraction of sp³-hybridized carbons (Fsp3) is 0.250. The van der Waals surface area contributed by atoms with Crippen molar-refractivity contribution >= 4 is 7.80 Å². The maximum Gasteiger partial charge on any atom is 0.337 e. The lowest BCUT2D eigenvalue weighted by atomic mass is 9.70. The third kappa shape index (κ3) is 3.64. The molecule has 0 aliphatic rings. The van der Waals surface area contributed by atoms with Crippen LogP contribution in [0.4, 0.5) is 0 Å². The third-order valence-electron chi connectivity index (χ3n) is 5.09. The topological polar surface area (TPSA) is 17.1 Å². The zero-order valence-corrected chi connectivity index (χ0v) is 16.9. The van der Waals surface area contributed by atoms with Crippen molar-refractivity contribution in [1.29, 1.82) is 0 Å². The first-order chi connectivity index (χ1) is 12.4. The van der Waals surface area contributed by atoms with E-state index < -0.39 is 13.2 Å². The minimum absolute atomic E-state index is 0.405. The van der Waals surface area contributed by atoms with Crippen LogP contribution in [-0.2, 0) is 9.98 Å². The highest BCUT2D eigenvalue weighted by molar-refractivity contribution is 7.43. The average Bonchev–Trinajstić information content (AvgIpc) is 2.62. The van der Waals surface area contributed by atoms with Crippen molar-refractivity contribution in [3.05, 3.63) is 106 Å². The smallest absolute Gasteiger partial charge is 0.0751 e. The Balaban J connectivity index is 2.33. The molecule has 0 aromatic heterocycles.